The molecule has 0 amide bonds. The molecule has 53 heavy (non-hydrogen) atoms. The van der Waals surface area contributed by atoms with Crippen molar-refractivity contribution in [2.75, 3.05) is 23.5 Å². The van der Waals surface area contributed by atoms with Crippen LogP contribution >= 0.6 is 0 Å². The first-order valence-corrected chi connectivity index (χ1v) is 22.7. The fraction of sp³-hybridized carbons (Fsp3) is 0.128. The molecule has 0 atom stereocenters. The van der Waals surface area contributed by atoms with Gasteiger partial charge in [-0.15, -0.1) is 0 Å². The second-order valence-corrected chi connectivity index (χ2v) is 23.4. The molecule has 6 aromatic carbocycles. The Morgan fingerprint density at radius 1 is 0.604 bits per heavy atom. The Kier molecular flexibility index (Phi) is 6.32. The predicted octanol–water partition coefficient (Wildman–Crippen LogP) is 8.49. The van der Waals surface area contributed by atoms with Gasteiger partial charge in [0.05, 0.1) is 0 Å². The first-order chi connectivity index (χ1) is 25.8. The Morgan fingerprint density at radius 3 is 2.08 bits per heavy atom. The molecule has 3 aliphatic heterocycles. The summed E-state index contributed by atoms with van der Waals surface area (Å²) in [4.78, 5) is 9.81. The zero-order chi connectivity index (χ0) is 35.6. The van der Waals surface area contributed by atoms with E-state index in [9.17, 15) is 0 Å². The van der Waals surface area contributed by atoms with Crippen LogP contribution in [0.4, 0.5) is 17.1 Å². The molecule has 5 nitrogen and oxygen atoms in total. The van der Waals surface area contributed by atoms with Crippen LogP contribution in [0.2, 0.25) is 0 Å². The molecule has 0 aliphatic carbocycles. The third-order valence-corrected chi connectivity index (χ3v) is 22.1. The number of nitrogens with zero attached hydrogens (tertiary/aromatic N) is 4. The molecule has 11 rings (SSSR count). The molecule has 0 saturated carbocycles. The molecule has 0 radical (unpaired) electrons. The molecule has 2 aromatic heterocycles. The molecule has 8 aromatic rings. The van der Waals surface area contributed by atoms with E-state index in [0.717, 1.165) is 35.0 Å². The monoisotopic (exact) mass is 748 g/mol. The zero-order valence-corrected chi connectivity index (χ0v) is 32.4. The Bertz CT molecular complexity index is 2780. The zero-order valence-electron chi connectivity index (χ0n) is 30.3. The summed E-state index contributed by atoms with van der Waals surface area (Å²) in [5.41, 5.74) is 10.2. The number of hydrogen-bond donors (Lipinski definition) is 0. The van der Waals surface area contributed by atoms with Crippen molar-refractivity contribution in [1.29, 1.82) is 0 Å². The molecule has 0 bridgehead atoms. The van der Waals surface area contributed by atoms with Crippen molar-refractivity contribution in [1.82, 2.24) is 9.55 Å². The van der Waals surface area contributed by atoms with Gasteiger partial charge in [-0.25, -0.2) is 0 Å². The van der Waals surface area contributed by atoms with Gasteiger partial charge in [-0.2, -0.15) is 0 Å². The number of para-hydroxylation sites is 2. The number of anilines is 3. The summed E-state index contributed by atoms with van der Waals surface area (Å²) in [6.07, 6.45) is 1.93. The van der Waals surface area contributed by atoms with Gasteiger partial charge in [0, 0.05) is 0 Å². The Labute approximate surface area is 312 Å². The first-order valence-electron chi connectivity index (χ1n) is 18.5. The second kappa shape index (κ2) is 10.9. The minimum atomic E-state index is -3.40. The molecule has 256 valence electrons. The van der Waals surface area contributed by atoms with Crippen LogP contribution in [0.15, 0.2) is 146 Å². The molecule has 0 fully saturated rings. The maximum atomic E-state index is 6.88. The van der Waals surface area contributed by atoms with Crippen LogP contribution in [0.1, 0.15) is 26.3 Å². The summed E-state index contributed by atoms with van der Waals surface area (Å²) in [6.45, 7) is 7.55. The first kappa shape index (κ1) is 30.8. The summed E-state index contributed by atoms with van der Waals surface area (Å²) in [5, 5.41) is 2.38. The minimum absolute atomic E-state index is 0.00763. The fourth-order valence-electron chi connectivity index (χ4n) is 9.46. The SMILES string of the molecule is CN1CN2c3cc(Oc4ccc5c6ccccc6n(-c6cc(C(C)(C)C)ccn6)c5c4)cc[c]3[Ge]3([c]4ccccc4-c4cccc[c]43)[c]3cccc1c32. The Hall–Kier alpha value is -5.79. The van der Waals surface area contributed by atoms with Crippen molar-refractivity contribution < 1.29 is 4.74 Å². The van der Waals surface area contributed by atoms with Gasteiger partial charge in [0.15, 0.2) is 0 Å². The van der Waals surface area contributed by atoms with Gasteiger partial charge in [0.2, 0.25) is 0 Å². The van der Waals surface area contributed by atoms with Crippen LogP contribution in [-0.2, 0) is 5.41 Å². The molecular formula is C47H38GeN4O. The Balaban J connectivity index is 1.09. The molecule has 6 heteroatoms. The molecule has 0 saturated heterocycles. The van der Waals surface area contributed by atoms with Crippen LogP contribution in [0, 0.1) is 0 Å². The van der Waals surface area contributed by atoms with E-state index < -0.39 is 13.3 Å². The van der Waals surface area contributed by atoms with Crippen molar-refractivity contribution in [2.45, 2.75) is 26.2 Å². The van der Waals surface area contributed by atoms with Crippen LogP contribution in [0.25, 0.3) is 38.8 Å². The number of fused-ring (bicyclic) bond motifs is 12. The third kappa shape index (κ3) is 4.17. The van der Waals surface area contributed by atoms with Crippen LogP contribution < -0.4 is 32.1 Å². The number of rotatable bonds is 3. The van der Waals surface area contributed by atoms with E-state index >= 15 is 0 Å². The second-order valence-electron chi connectivity index (χ2n) is 15.7. The summed E-state index contributed by atoms with van der Waals surface area (Å²) in [6, 6.07) is 51.7. The van der Waals surface area contributed by atoms with Gasteiger partial charge >= 0.3 is 281 Å². The van der Waals surface area contributed by atoms with Crippen molar-refractivity contribution in [3.63, 3.8) is 0 Å². The van der Waals surface area contributed by atoms with Gasteiger partial charge in [0.25, 0.3) is 0 Å². The van der Waals surface area contributed by atoms with E-state index in [4.69, 9.17) is 9.72 Å². The average Bonchev–Trinajstić information content (AvgIpc) is 3.80. The maximum absolute atomic E-state index is 6.88. The van der Waals surface area contributed by atoms with E-state index in [1.807, 2.05) is 6.20 Å². The van der Waals surface area contributed by atoms with Crippen LogP contribution in [0.5, 0.6) is 11.5 Å². The molecule has 1 spiro atoms. The summed E-state index contributed by atoms with van der Waals surface area (Å²) >= 11 is -3.40. The van der Waals surface area contributed by atoms with Gasteiger partial charge in [0.1, 0.15) is 0 Å². The van der Waals surface area contributed by atoms with Gasteiger partial charge < -0.3 is 0 Å². The van der Waals surface area contributed by atoms with Crippen molar-refractivity contribution >= 4 is 69.7 Å². The average molecular weight is 747 g/mol. The van der Waals surface area contributed by atoms with Crippen LogP contribution in [0.3, 0.4) is 0 Å². The number of benzene rings is 6. The van der Waals surface area contributed by atoms with Crippen molar-refractivity contribution in [3.05, 3.63) is 151 Å². The molecular weight excluding hydrogens is 709 g/mol. The van der Waals surface area contributed by atoms with E-state index in [2.05, 4.69) is 182 Å². The van der Waals surface area contributed by atoms with E-state index in [1.54, 1.807) is 0 Å². The standard InChI is InChI=1S/C47H38GeN4O/c1-47(2,3)30-24-25-49-45(26-30)52-41-18-10-7-14-35(41)36-22-20-31(27-43(36)52)53-32-21-23-39-44(28-32)51-29-50(4)42-19-11-17-40(46(42)51)48(39)37-15-8-5-12-33(37)34-13-6-9-16-38(34)48/h5-28H,29H2,1-4H3. The van der Waals surface area contributed by atoms with Gasteiger partial charge in [-0.05, 0) is 11.5 Å². The van der Waals surface area contributed by atoms with Crippen LogP contribution in [-0.4, -0.2) is 36.5 Å². The molecule has 0 unspecified atom stereocenters. The topological polar surface area (TPSA) is 33.5 Å². The summed E-state index contributed by atoms with van der Waals surface area (Å²) in [7, 11) is 2.21. The van der Waals surface area contributed by atoms with Crippen molar-refractivity contribution in [3.8, 4) is 28.4 Å². The quantitative estimate of drug-likeness (QED) is 0.170. The fourth-order valence-corrected chi connectivity index (χ4v) is 21.1. The number of pyridine rings is 1. The van der Waals surface area contributed by atoms with Gasteiger partial charge in [-0.1, -0.05) is 20.8 Å². The van der Waals surface area contributed by atoms with E-state index in [0.29, 0.717) is 0 Å². The molecule has 0 N–H and O–H groups in total. The van der Waals surface area contributed by atoms with E-state index in [1.165, 1.54) is 62.1 Å². The number of hydrogen-bond acceptors (Lipinski definition) is 4. The predicted molar refractivity (Wildman–Crippen MR) is 222 cm³/mol. The third-order valence-electron chi connectivity index (χ3n) is 11.8. The molecule has 3 aliphatic rings. The van der Waals surface area contributed by atoms with Gasteiger partial charge in [-0.3, -0.25) is 0 Å². The number of ether oxygens (including phenoxy) is 1. The summed E-state index contributed by atoms with van der Waals surface area (Å²) in [5.74, 6) is 2.55. The molecule has 5 heterocycles. The Morgan fingerprint density at radius 2 is 1.28 bits per heavy atom. The number of aromatic nitrogens is 2. The normalized spacial score (nSPS) is 14.8. The van der Waals surface area contributed by atoms with Crippen molar-refractivity contribution in [2.24, 2.45) is 0 Å². The summed E-state index contributed by atoms with van der Waals surface area (Å²) < 4.78 is 15.2. The van der Waals surface area contributed by atoms with E-state index in [-0.39, 0.29) is 5.41 Å².